The second-order valence-electron chi connectivity index (χ2n) is 6.96. The van der Waals surface area contributed by atoms with E-state index in [1.165, 1.54) is 28.1 Å². The largest absolute Gasteiger partial charge is 0.494 e. The van der Waals surface area contributed by atoms with E-state index in [0.29, 0.717) is 28.9 Å². The molecule has 1 atom stereocenters. The van der Waals surface area contributed by atoms with E-state index in [2.05, 4.69) is 23.2 Å². The van der Waals surface area contributed by atoms with Gasteiger partial charge in [-0.05, 0) is 37.6 Å². The Morgan fingerprint density at radius 1 is 1.28 bits per heavy atom. The van der Waals surface area contributed by atoms with Gasteiger partial charge in [0.2, 0.25) is 5.16 Å². The average molecular weight is 415 g/mol. The molecule has 2 aromatic carbocycles. The zero-order valence-electron chi connectivity index (χ0n) is 16.4. The molecule has 3 aromatic rings. The summed E-state index contributed by atoms with van der Waals surface area (Å²) in [5.74, 6) is 8.76. The zero-order valence-corrected chi connectivity index (χ0v) is 17.2. The van der Waals surface area contributed by atoms with Gasteiger partial charge in [-0.1, -0.05) is 30.0 Å². The Morgan fingerprint density at radius 2 is 2.10 bits per heavy atom. The van der Waals surface area contributed by atoms with Crippen LogP contribution in [0.4, 0.5) is 4.39 Å². The lowest BCUT2D eigenvalue weighted by Gasteiger charge is -2.12. The van der Waals surface area contributed by atoms with Crippen LogP contribution in [0.2, 0.25) is 0 Å². The molecule has 0 radical (unpaired) electrons. The summed E-state index contributed by atoms with van der Waals surface area (Å²) in [6.45, 7) is 4.62. The minimum absolute atomic E-state index is 0.176. The van der Waals surface area contributed by atoms with Crippen molar-refractivity contribution in [3.05, 3.63) is 64.7 Å². The van der Waals surface area contributed by atoms with Gasteiger partial charge < -0.3 is 15.3 Å². The van der Waals surface area contributed by atoms with Crippen molar-refractivity contribution in [2.45, 2.75) is 43.7 Å². The number of nitrogen functional groups attached to an aromatic ring is 1. The van der Waals surface area contributed by atoms with Crippen LogP contribution in [-0.4, -0.2) is 27.6 Å². The Kier molecular flexibility index (Phi) is 5.62. The van der Waals surface area contributed by atoms with E-state index < -0.39 is 0 Å². The first-order chi connectivity index (χ1) is 14.0. The highest BCUT2D eigenvalue weighted by Gasteiger charge is 2.22. The van der Waals surface area contributed by atoms with E-state index in [1.807, 2.05) is 13.0 Å². The number of rotatable bonds is 7. The number of nitrogens with zero attached hydrogens (tertiary/aromatic N) is 3. The number of halogens is 1. The number of hydrogen-bond acceptors (Lipinski definition) is 6. The van der Waals surface area contributed by atoms with Crippen LogP contribution >= 0.6 is 11.8 Å². The highest BCUT2D eigenvalue weighted by Crippen LogP contribution is 2.37. The second-order valence-corrected chi connectivity index (χ2v) is 7.90. The standard InChI is InChI=1S/C21H23FN4O2S/c1-3-27-18-9-15-8-13(2)28-19(15)10-16(18)12-29-21-25-24-20(26(21)23)11-14-6-4-5-7-17(14)22/h4-7,9-10,13H,3,8,11-12,23H2,1-2H3/t13-/m1/s1. The molecular formula is C21H23FN4O2S. The topological polar surface area (TPSA) is 75.2 Å². The Hall–Kier alpha value is -2.74. The quantitative estimate of drug-likeness (QED) is 0.469. The van der Waals surface area contributed by atoms with E-state index in [1.54, 1.807) is 18.2 Å². The fraction of sp³-hybridized carbons (Fsp3) is 0.333. The van der Waals surface area contributed by atoms with Gasteiger partial charge in [0, 0.05) is 29.7 Å². The van der Waals surface area contributed by atoms with Crippen molar-refractivity contribution in [1.82, 2.24) is 14.9 Å². The van der Waals surface area contributed by atoms with Gasteiger partial charge in [-0.25, -0.2) is 9.07 Å². The maximum atomic E-state index is 13.9. The third kappa shape index (κ3) is 4.17. The average Bonchev–Trinajstić information content (AvgIpc) is 3.23. The number of ether oxygens (including phenoxy) is 2. The van der Waals surface area contributed by atoms with Crippen LogP contribution in [0.1, 0.15) is 36.4 Å². The smallest absolute Gasteiger partial charge is 0.210 e. The van der Waals surface area contributed by atoms with Gasteiger partial charge in [-0.2, -0.15) is 0 Å². The third-order valence-corrected chi connectivity index (χ3v) is 5.77. The molecule has 1 aliphatic rings. The zero-order chi connectivity index (χ0) is 20.4. The normalized spacial score (nSPS) is 15.2. The monoisotopic (exact) mass is 414 g/mol. The number of nitrogens with two attached hydrogens (primary N) is 1. The molecule has 29 heavy (non-hydrogen) atoms. The van der Waals surface area contributed by atoms with Crippen LogP contribution in [0, 0.1) is 5.82 Å². The predicted octanol–water partition coefficient (Wildman–Crippen LogP) is 3.74. The minimum Gasteiger partial charge on any atom is -0.494 e. The second kappa shape index (κ2) is 8.32. The van der Waals surface area contributed by atoms with Crippen molar-refractivity contribution >= 4 is 11.8 Å². The molecule has 6 nitrogen and oxygen atoms in total. The first kappa shape index (κ1) is 19.6. The summed E-state index contributed by atoms with van der Waals surface area (Å²) in [6.07, 6.45) is 1.35. The summed E-state index contributed by atoms with van der Waals surface area (Å²) in [6, 6.07) is 10.7. The predicted molar refractivity (Wildman–Crippen MR) is 110 cm³/mol. The van der Waals surface area contributed by atoms with Crippen LogP contribution in [0.3, 0.4) is 0 Å². The summed E-state index contributed by atoms with van der Waals surface area (Å²) >= 11 is 1.46. The molecule has 0 amide bonds. The molecule has 152 valence electrons. The van der Waals surface area contributed by atoms with Crippen LogP contribution < -0.4 is 15.3 Å². The Bertz CT molecular complexity index is 1020. The summed E-state index contributed by atoms with van der Waals surface area (Å²) in [5, 5.41) is 8.87. The van der Waals surface area contributed by atoms with E-state index >= 15 is 0 Å². The maximum Gasteiger partial charge on any atom is 0.210 e. The van der Waals surface area contributed by atoms with Gasteiger partial charge >= 0.3 is 0 Å². The lowest BCUT2D eigenvalue weighted by molar-refractivity contribution is 0.254. The molecule has 8 heteroatoms. The molecule has 1 aromatic heterocycles. The van der Waals surface area contributed by atoms with Crippen molar-refractivity contribution in [3.63, 3.8) is 0 Å². The van der Waals surface area contributed by atoms with Crippen LogP contribution in [-0.2, 0) is 18.6 Å². The van der Waals surface area contributed by atoms with Crippen LogP contribution in [0.5, 0.6) is 11.5 Å². The van der Waals surface area contributed by atoms with E-state index in [-0.39, 0.29) is 18.3 Å². The van der Waals surface area contributed by atoms with Crippen molar-refractivity contribution < 1.29 is 13.9 Å². The number of fused-ring (bicyclic) bond motifs is 1. The number of benzene rings is 2. The van der Waals surface area contributed by atoms with Crippen molar-refractivity contribution in [1.29, 1.82) is 0 Å². The third-order valence-electron chi connectivity index (χ3n) is 4.78. The summed E-state index contributed by atoms with van der Waals surface area (Å²) in [4.78, 5) is 0. The van der Waals surface area contributed by atoms with Gasteiger partial charge in [0.25, 0.3) is 0 Å². The molecule has 0 fully saturated rings. The summed E-state index contributed by atoms with van der Waals surface area (Å²) in [7, 11) is 0. The highest BCUT2D eigenvalue weighted by molar-refractivity contribution is 7.98. The number of thioether (sulfide) groups is 1. The first-order valence-electron chi connectivity index (χ1n) is 9.56. The molecular weight excluding hydrogens is 391 g/mol. The number of hydrogen-bond donors (Lipinski definition) is 1. The SMILES string of the molecule is CCOc1cc2c(cc1CSc1nnc(Cc3ccccc3F)n1N)O[C@H](C)C2. The Morgan fingerprint density at radius 3 is 2.90 bits per heavy atom. The Balaban J connectivity index is 1.50. The molecule has 0 spiro atoms. The van der Waals surface area contributed by atoms with E-state index in [9.17, 15) is 4.39 Å². The fourth-order valence-corrected chi connectivity index (χ4v) is 4.22. The van der Waals surface area contributed by atoms with Crippen molar-refractivity contribution in [3.8, 4) is 11.5 Å². The summed E-state index contributed by atoms with van der Waals surface area (Å²) < 4.78 is 27.0. The van der Waals surface area contributed by atoms with Gasteiger partial charge in [0.1, 0.15) is 23.4 Å². The highest BCUT2D eigenvalue weighted by atomic mass is 32.2. The van der Waals surface area contributed by atoms with Crippen LogP contribution in [0.15, 0.2) is 41.6 Å². The Labute approximate surface area is 173 Å². The lowest BCUT2D eigenvalue weighted by Crippen LogP contribution is -2.14. The molecule has 4 rings (SSSR count). The van der Waals surface area contributed by atoms with Gasteiger partial charge in [-0.3, -0.25) is 0 Å². The number of aromatic nitrogens is 3. The van der Waals surface area contributed by atoms with Crippen LogP contribution in [0.25, 0.3) is 0 Å². The van der Waals surface area contributed by atoms with Crippen molar-refractivity contribution in [2.75, 3.05) is 12.4 Å². The summed E-state index contributed by atoms with van der Waals surface area (Å²) in [5.41, 5.74) is 2.72. The van der Waals surface area contributed by atoms with Gasteiger partial charge in [0.05, 0.1) is 6.61 Å². The molecule has 0 saturated carbocycles. The molecule has 0 aliphatic carbocycles. The first-order valence-corrected chi connectivity index (χ1v) is 10.5. The van der Waals surface area contributed by atoms with Gasteiger partial charge in [0.15, 0.2) is 5.82 Å². The fourth-order valence-electron chi connectivity index (χ4n) is 3.36. The van der Waals surface area contributed by atoms with E-state index in [0.717, 1.165) is 23.5 Å². The van der Waals surface area contributed by atoms with E-state index in [4.69, 9.17) is 15.3 Å². The van der Waals surface area contributed by atoms with Gasteiger partial charge in [-0.15, -0.1) is 10.2 Å². The molecule has 0 unspecified atom stereocenters. The lowest BCUT2D eigenvalue weighted by atomic mass is 10.1. The minimum atomic E-state index is -0.279. The van der Waals surface area contributed by atoms with Crippen molar-refractivity contribution in [2.24, 2.45) is 0 Å². The molecule has 2 N–H and O–H groups in total. The maximum absolute atomic E-state index is 13.9. The molecule has 0 bridgehead atoms. The molecule has 0 saturated heterocycles. The molecule has 1 aliphatic heterocycles. The molecule has 2 heterocycles.